The van der Waals surface area contributed by atoms with Crippen LogP contribution in [0.3, 0.4) is 0 Å². The van der Waals surface area contributed by atoms with E-state index in [2.05, 4.69) is 50.6 Å². The largest absolute Gasteiger partial charge is 0.368 e. The molecule has 0 aliphatic carbocycles. The Kier molecular flexibility index (Phi) is 7.18. The van der Waals surface area contributed by atoms with Gasteiger partial charge >= 0.3 is 0 Å². The van der Waals surface area contributed by atoms with Gasteiger partial charge in [0.25, 0.3) is 0 Å². The van der Waals surface area contributed by atoms with E-state index in [1.54, 1.807) is 0 Å². The van der Waals surface area contributed by atoms with Gasteiger partial charge in [0.15, 0.2) is 0 Å². The smallest absolute Gasteiger partial charge is 0.240 e. The van der Waals surface area contributed by atoms with Gasteiger partial charge in [0.1, 0.15) is 14.1 Å². The highest BCUT2D eigenvalue weighted by molar-refractivity contribution is 6.87. The van der Waals surface area contributed by atoms with Gasteiger partial charge in [-0.3, -0.25) is 9.59 Å². The number of hydrogen-bond donors (Lipinski definition) is 2. The topological polar surface area (TPSA) is 72.2 Å². The average Bonchev–Trinajstić information content (AvgIpc) is 2.24. The van der Waals surface area contributed by atoms with Crippen LogP contribution in [0.2, 0.25) is 18.1 Å². The zero-order chi connectivity index (χ0) is 16.8. The van der Waals surface area contributed by atoms with E-state index < -0.39 is 20.0 Å². The quantitative estimate of drug-likeness (QED) is 0.605. The summed E-state index contributed by atoms with van der Waals surface area (Å²) in [4.78, 5) is 23.2. The highest BCUT2D eigenvalue weighted by Crippen LogP contribution is 2.35. The summed E-state index contributed by atoms with van der Waals surface area (Å²) in [6.45, 7) is 14.9. The third-order valence-corrected chi connectivity index (χ3v) is 8.41. The molecule has 0 fully saturated rings. The van der Waals surface area contributed by atoms with Gasteiger partial charge in [0.2, 0.25) is 11.8 Å². The maximum atomic E-state index is 11.7. The molecule has 0 saturated heterocycles. The summed E-state index contributed by atoms with van der Waals surface area (Å²) in [5.41, 5.74) is 8.67. The molecule has 4 nitrogen and oxygen atoms in total. The second kappa shape index (κ2) is 7.65. The molecule has 0 aliphatic heterocycles. The number of nitrogens with two attached hydrogens (primary N) is 1. The Morgan fingerprint density at radius 1 is 1.24 bits per heavy atom. The molecule has 120 valence electrons. The number of carbonyl (C=O) groups excluding carboxylic acids is 2. The monoisotopic (exact) mass is 310 g/mol. The van der Waals surface area contributed by atoms with E-state index >= 15 is 0 Å². The molecule has 3 N–H and O–H groups in total. The van der Waals surface area contributed by atoms with Crippen LogP contribution in [0.15, 0.2) is 0 Å². The first-order chi connectivity index (χ1) is 9.36. The molecule has 0 rings (SSSR count). The fourth-order valence-electron chi connectivity index (χ4n) is 1.41. The molecule has 21 heavy (non-hydrogen) atoms. The van der Waals surface area contributed by atoms with Gasteiger partial charge in [0.05, 0.1) is 0 Å². The van der Waals surface area contributed by atoms with Crippen LogP contribution < -0.4 is 11.1 Å². The summed E-state index contributed by atoms with van der Waals surface area (Å²) in [7, 11) is -1.70. The number of carbonyl (C=O) groups is 2. The van der Waals surface area contributed by atoms with Crippen molar-refractivity contribution >= 4 is 19.9 Å². The third-order valence-electron chi connectivity index (χ3n) is 3.85. The zero-order valence-corrected chi connectivity index (χ0v) is 15.5. The van der Waals surface area contributed by atoms with Crippen LogP contribution in [0, 0.1) is 17.4 Å². The minimum Gasteiger partial charge on any atom is -0.368 e. The Hall–Kier alpha value is -1.28. The number of nitrogens with one attached hydrogen (secondary N) is 1. The average molecular weight is 311 g/mol. The van der Waals surface area contributed by atoms with Crippen molar-refractivity contribution in [2.75, 3.05) is 0 Å². The first-order valence-electron chi connectivity index (χ1n) is 7.45. The van der Waals surface area contributed by atoms with Crippen molar-refractivity contribution in [2.24, 2.45) is 11.7 Å². The van der Waals surface area contributed by atoms with Crippen LogP contribution in [0.1, 0.15) is 47.5 Å². The van der Waals surface area contributed by atoms with E-state index in [0.717, 1.165) is 0 Å². The van der Waals surface area contributed by atoms with E-state index in [1.165, 1.54) is 0 Å². The lowest BCUT2D eigenvalue weighted by Crippen LogP contribution is -2.44. The molecule has 0 aromatic carbocycles. The summed E-state index contributed by atoms with van der Waals surface area (Å²) < 4.78 is 0. The Labute approximate surface area is 130 Å². The first-order valence-corrected chi connectivity index (χ1v) is 10.5. The molecule has 0 radical (unpaired) electrons. The van der Waals surface area contributed by atoms with Crippen molar-refractivity contribution in [2.45, 2.75) is 71.6 Å². The van der Waals surface area contributed by atoms with Crippen molar-refractivity contribution < 1.29 is 9.59 Å². The van der Waals surface area contributed by atoms with Crippen LogP contribution >= 0.6 is 0 Å². The Balaban J connectivity index is 4.77. The second-order valence-corrected chi connectivity index (χ2v) is 12.5. The number of amides is 2. The lowest BCUT2D eigenvalue weighted by Gasteiger charge is -2.31. The molecular weight excluding hydrogens is 280 g/mol. The van der Waals surface area contributed by atoms with E-state index in [1.807, 2.05) is 13.8 Å². The molecule has 0 aromatic heterocycles. The van der Waals surface area contributed by atoms with Gasteiger partial charge in [-0.1, -0.05) is 47.7 Å². The molecule has 0 spiro atoms. The Morgan fingerprint density at radius 3 is 2.14 bits per heavy atom. The zero-order valence-electron chi connectivity index (χ0n) is 14.5. The van der Waals surface area contributed by atoms with Crippen LogP contribution in [0.25, 0.3) is 0 Å². The fourth-order valence-corrected chi connectivity index (χ4v) is 2.33. The predicted molar refractivity (Wildman–Crippen MR) is 90.2 cm³/mol. The van der Waals surface area contributed by atoms with E-state index in [9.17, 15) is 9.59 Å². The lowest BCUT2D eigenvalue weighted by molar-refractivity contribution is -0.127. The molecule has 5 heteroatoms. The minimum atomic E-state index is -1.70. The molecule has 2 amide bonds. The molecular formula is C16H30N2O2Si. The van der Waals surface area contributed by atoms with Crippen LogP contribution in [-0.4, -0.2) is 25.9 Å². The van der Waals surface area contributed by atoms with Crippen molar-refractivity contribution in [3.63, 3.8) is 0 Å². The van der Waals surface area contributed by atoms with Crippen LogP contribution in [-0.2, 0) is 9.59 Å². The minimum absolute atomic E-state index is 0.150. The van der Waals surface area contributed by atoms with Gasteiger partial charge in [-0.15, -0.1) is 11.5 Å². The summed E-state index contributed by atoms with van der Waals surface area (Å²) in [5, 5.41) is 2.84. The number of rotatable bonds is 5. The molecule has 0 heterocycles. The highest BCUT2D eigenvalue weighted by Gasteiger charge is 2.33. The number of primary amides is 1. The first kappa shape index (κ1) is 19.7. The molecule has 0 saturated carbocycles. The molecule has 0 bridgehead atoms. The normalized spacial score (nSPS) is 13.3. The van der Waals surface area contributed by atoms with Crippen molar-refractivity contribution in [3.8, 4) is 11.5 Å². The fraction of sp³-hybridized carbons (Fsp3) is 0.750. The predicted octanol–water partition coefficient (Wildman–Crippen LogP) is 2.44. The van der Waals surface area contributed by atoms with Gasteiger partial charge in [-0.05, 0) is 11.0 Å². The standard InChI is InChI=1S/C16H30N2O2Si/c1-12(2)11-14(19)18-13(15(17)20)9-8-10-21(6,7)16(3,4)5/h12-13H,9,11H2,1-7H3,(H2,17,20)(H,18,19)/t13-/m1/s1. The summed E-state index contributed by atoms with van der Waals surface area (Å²) in [6.07, 6.45) is 0.672. The summed E-state index contributed by atoms with van der Waals surface area (Å²) in [5.74, 6) is 2.63. The summed E-state index contributed by atoms with van der Waals surface area (Å²) in [6, 6.07) is -0.700. The van der Waals surface area contributed by atoms with Crippen molar-refractivity contribution in [1.82, 2.24) is 5.32 Å². The maximum Gasteiger partial charge on any atom is 0.240 e. The molecule has 1 atom stereocenters. The maximum absolute atomic E-state index is 11.7. The Morgan fingerprint density at radius 2 is 1.76 bits per heavy atom. The lowest BCUT2D eigenvalue weighted by atomic mass is 10.1. The van der Waals surface area contributed by atoms with E-state index in [4.69, 9.17) is 5.73 Å². The number of hydrogen-bond acceptors (Lipinski definition) is 2. The summed E-state index contributed by atoms with van der Waals surface area (Å²) >= 11 is 0. The van der Waals surface area contributed by atoms with Crippen molar-refractivity contribution in [1.29, 1.82) is 0 Å². The third kappa shape index (κ3) is 7.33. The van der Waals surface area contributed by atoms with Gasteiger partial charge in [0, 0.05) is 12.8 Å². The van der Waals surface area contributed by atoms with Gasteiger partial charge < -0.3 is 11.1 Å². The molecule has 0 aliphatic rings. The van der Waals surface area contributed by atoms with E-state index in [-0.39, 0.29) is 23.3 Å². The van der Waals surface area contributed by atoms with E-state index in [0.29, 0.717) is 6.42 Å². The van der Waals surface area contributed by atoms with Crippen molar-refractivity contribution in [3.05, 3.63) is 0 Å². The molecule has 0 aromatic rings. The van der Waals surface area contributed by atoms with Gasteiger partial charge in [-0.2, -0.15) is 0 Å². The second-order valence-electron chi connectivity index (χ2n) is 7.50. The highest BCUT2D eigenvalue weighted by atomic mass is 28.3. The Bertz CT molecular complexity index is 439. The SMILES string of the molecule is CC(C)CC(=O)N[C@H](CC#C[Si](C)(C)C(C)(C)C)C(N)=O. The van der Waals surface area contributed by atoms with Gasteiger partial charge in [-0.25, -0.2) is 0 Å². The van der Waals surface area contributed by atoms with Crippen LogP contribution in [0.5, 0.6) is 0 Å². The van der Waals surface area contributed by atoms with Crippen LogP contribution in [0.4, 0.5) is 0 Å². The molecule has 0 unspecified atom stereocenters.